The molecular weight excluding hydrogens is 268 g/mol. The Morgan fingerprint density at radius 3 is 2.67 bits per heavy atom. The van der Waals surface area contributed by atoms with Crippen LogP contribution in [0.15, 0.2) is 41.1 Å². The average molecular weight is 288 g/mol. The number of nitrogens with zero attached hydrogens (tertiary/aromatic N) is 2. The van der Waals surface area contributed by atoms with Crippen molar-refractivity contribution in [2.24, 2.45) is 0 Å². The molecule has 1 heterocycles. The van der Waals surface area contributed by atoms with E-state index in [9.17, 15) is 4.79 Å². The molecule has 21 heavy (non-hydrogen) atoms. The van der Waals surface area contributed by atoms with Crippen LogP contribution in [0, 0.1) is 0 Å². The van der Waals surface area contributed by atoms with E-state index in [0.29, 0.717) is 12.1 Å². The maximum absolute atomic E-state index is 11.4. The largest absolute Gasteiger partial charge is 0.465 e. The van der Waals surface area contributed by atoms with Gasteiger partial charge in [-0.2, -0.15) is 0 Å². The highest BCUT2D eigenvalue weighted by Gasteiger charge is 2.08. The van der Waals surface area contributed by atoms with Gasteiger partial charge < -0.3 is 9.15 Å². The summed E-state index contributed by atoms with van der Waals surface area (Å²) in [5.41, 5.74) is 1.77. The van der Waals surface area contributed by atoms with Crippen LogP contribution >= 0.6 is 0 Å². The van der Waals surface area contributed by atoms with E-state index < -0.39 is 0 Å². The van der Waals surface area contributed by atoms with Gasteiger partial charge in [-0.15, -0.1) is 0 Å². The van der Waals surface area contributed by atoms with Crippen LogP contribution in [-0.2, 0) is 17.7 Å². The summed E-state index contributed by atoms with van der Waals surface area (Å²) in [5.74, 6) is 0.429. The van der Waals surface area contributed by atoms with E-state index in [1.807, 2.05) is 12.1 Å². The molecule has 0 radical (unpaired) electrons. The van der Waals surface area contributed by atoms with Crippen molar-refractivity contribution in [1.82, 2.24) is 9.88 Å². The number of aromatic nitrogens is 1. The fourth-order valence-electron chi connectivity index (χ4n) is 2.08. The predicted octanol–water partition coefficient (Wildman–Crippen LogP) is 2.53. The number of carbonyl (C=O) groups is 1. The predicted molar refractivity (Wildman–Crippen MR) is 78.9 cm³/mol. The first kappa shape index (κ1) is 15.3. The molecule has 0 fully saturated rings. The number of benzene rings is 1. The summed E-state index contributed by atoms with van der Waals surface area (Å²) in [4.78, 5) is 17.8. The molecule has 1 aromatic heterocycles. The lowest BCUT2D eigenvalue weighted by molar-refractivity contribution is 0.0600. The van der Waals surface area contributed by atoms with Crippen molar-refractivity contribution in [1.29, 1.82) is 0 Å². The molecule has 0 saturated carbocycles. The van der Waals surface area contributed by atoms with E-state index in [1.54, 1.807) is 24.6 Å². The van der Waals surface area contributed by atoms with Crippen LogP contribution in [0.5, 0.6) is 0 Å². The van der Waals surface area contributed by atoms with Gasteiger partial charge in [0.1, 0.15) is 6.26 Å². The highest BCUT2D eigenvalue weighted by molar-refractivity contribution is 5.89. The van der Waals surface area contributed by atoms with E-state index in [1.165, 1.54) is 12.7 Å². The Labute approximate surface area is 124 Å². The first-order valence-corrected chi connectivity index (χ1v) is 7.01. The fraction of sp³-hybridized carbons (Fsp3) is 0.375. The maximum Gasteiger partial charge on any atom is 0.337 e. The molecule has 2 rings (SSSR count). The highest BCUT2D eigenvalue weighted by atomic mass is 16.5. The minimum atomic E-state index is -0.305. The molecule has 0 amide bonds. The molecule has 0 spiro atoms. The number of carbonyl (C=O) groups excluding carboxylic acids is 1. The Morgan fingerprint density at radius 1 is 1.33 bits per heavy atom. The number of rotatable bonds is 7. The van der Waals surface area contributed by atoms with E-state index in [4.69, 9.17) is 4.42 Å². The number of ether oxygens (including phenoxy) is 1. The Morgan fingerprint density at radius 2 is 2.10 bits per heavy atom. The third-order valence-electron chi connectivity index (χ3n) is 3.38. The molecule has 0 aliphatic heterocycles. The molecule has 5 heteroatoms. The standard InChI is InChI=1S/C16H20N2O3/c1-3-18(12-15-17-9-11-21-15)10-8-13-4-6-14(7-5-13)16(19)20-2/h4-7,9,11H,3,8,10,12H2,1-2H3. The molecular formula is C16H20N2O3. The fourth-order valence-corrected chi connectivity index (χ4v) is 2.08. The van der Waals surface area contributed by atoms with E-state index in [2.05, 4.69) is 21.5 Å². The molecule has 0 atom stereocenters. The van der Waals surface area contributed by atoms with Crippen LogP contribution in [0.2, 0.25) is 0 Å². The van der Waals surface area contributed by atoms with Crippen LogP contribution < -0.4 is 0 Å². The van der Waals surface area contributed by atoms with Crippen molar-refractivity contribution in [3.8, 4) is 0 Å². The van der Waals surface area contributed by atoms with Gasteiger partial charge >= 0.3 is 5.97 Å². The zero-order valence-electron chi connectivity index (χ0n) is 12.4. The van der Waals surface area contributed by atoms with Crippen molar-refractivity contribution >= 4 is 5.97 Å². The molecule has 0 saturated heterocycles. The molecule has 0 N–H and O–H groups in total. The molecule has 5 nitrogen and oxygen atoms in total. The second-order valence-electron chi connectivity index (χ2n) is 4.73. The molecule has 0 unspecified atom stereocenters. The molecule has 0 aliphatic carbocycles. The Hall–Kier alpha value is -2.14. The smallest absolute Gasteiger partial charge is 0.337 e. The van der Waals surface area contributed by atoms with Crippen molar-refractivity contribution in [3.05, 3.63) is 53.7 Å². The normalized spacial score (nSPS) is 10.8. The maximum atomic E-state index is 11.4. The van der Waals surface area contributed by atoms with Gasteiger partial charge in [-0.25, -0.2) is 9.78 Å². The second-order valence-corrected chi connectivity index (χ2v) is 4.73. The first-order valence-electron chi connectivity index (χ1n) is 7.01. The van der Waals surface area contributed by atoms with E-state index in [-0.39, 0.29) is 5.97 Å². The van der Waals surface area contributed by atoms with Crippen LogP contribution in [0.4, 0.5) is 0 Å². The quantitative estimate of drug-likeness (QED) is 0.733. The number of esters is 1. The topological polar surface area (TPSA) is 55.6 Å². The van der Waals surface area contributed by atoms with Crippen molar-refractivity contribution in [2.75, 3.05) is 20.2 Å². The van der Waals surface area contributed by atoms with Gasteiger partial charge in [0.2, 0.25) is 5.89 Å². The summed E-state index contributed by atoms with van der Waals surface area (Å²) in [5, 5.41) is 0. The zero-order chi connectivity index (χ0) is 15.1. The van der Waals surface area contributed by atoms with Gasteiger partial charge in [-0.3, -0.25) is 4.90 Å². The number of hydrogen-bond acceptors (Lipinski definition) is 5. The summed E-state index contributed by atoms with van der Waals surface area (Å²) in [7, 11) is 1.39. The molecule has 2 aromatic rings. The lowest BCUT2D eigenvalue weighted by atomic mass is 10.1. The van der Waals surface area contributed by atoms with Crippen molar-refractivity contribution < 1.29 is 13.9 Å². The third-order valence-corrected chi connectivity index (χ3v) is 3.38. The Bertz CT molecular complexity index is 549. The zero-order valence-corrected chi connectivity index (χ0v) is 12.4. The van der Waals surface area contributed by atoms with Crippen LogP contribution in [-0.4, -0.2) is 36.1 Å². The minimum absolute atomic E-state index is 0.305. The summed E-state index contributed by atoms with van der Waals surface area (Å²) in [6.07, 6.45) is 4.17. The summed E-state index contributed by atoms with van der Waals surface area (Å²) in [6, 6.07) is 7.52. The van der Waals surface area contributed by atoms with Crippen LogP contribution in [0.3, 0.4) is 0 Å². The lowest BCUT2D eigenvalue weighted by Crippen LogP contribution is -2.25. The number of hydrogen-bond donors (Lipinski definition) is 0. The minimum Gasteiger partial charge on any atom is -0.465 e. The van der Waals surface area contributed by atoms with Gasteiger partial charge in [0.05, 0.1) is 25.4 Å². The van der Waals surface area contributed by atoms with E-state index >= 15 is 0 Å². The van der Waals surface area contributed by atoms with Gasteiger partial charge in [-0.05, 0) is 30.7 Å². The van der Waals surface area contributed by atoms with Gasteiger partial charge in [0, 0.05) is 6.54 Å². The summed E-state index contributed by atoms with van der Waals surface area (Å²) < 4.78 is 9.95. The average Bonchev–Trinajstić information content (AvgIpc) is 3.04. The molecule has 112 valence electrons. The number of methoxy groups -OCH3 is 1. The Balaban J connectivity index is 1.87. The molecule has 1 aromatic carbocycles. The Kier molecular flexibility index (Phi) is 5.51. The number of likely N-dealkylation sites (N-methyl/N-ethyl adjacent to an activating group) is 1. The lowest BCUT2D eigenvalue weighted by Gasteiger charge is -2.18. The van der Waals surface area contributed by atoms with E-state index in [0.717, 1.165) is 25.4 Å². The SMILES string of the molecule is CCN(CCc1ccc(C(=O)OC)cc1)Cc1ncco1. The first-order chi connectivity index (χ1) is 10.2. The van der Waals surface area contributed by atoms with Crippen LogP contribution in [0.25, 0.3) is 0 Å². The van der Waals surface area contributed by atoms with Crippen molar-refractivity contribution in [2.45, 2.75) is 19.9 Å². The third kappa shape index (κ3) is 4.43. The van der Waals surface area contributed by atoms with Crippen molar-refractivity contribution in [3.63, 3.8) is 0 Å². The number of oxazole rings is 1. The second kappa shape index (κ2) is 7.59. The van der Waals surface area contributed by atoms with Gasteiger partial charge in [-0.1, -0.05) is 19.1 Å². The van der Waals surface area contributed by atoms with Gasteiger partial charge in [0.25, 0.3) is 0 Å². The molecule has 0 aliphatic rings. The molecule has 0 bridgehead atoms. The van der Waals surface area contributed by atoms with Crippen LogP contribution in [0.1, 0.15) is 28.7 Å². The van der Waals surface area contributed by atoms with Gasteiger partial charge in [0.15, 0.2) is 0 Å². The summed E-state index contributed by atoms with van der Waals surface area (Å²) >= 11 is 0. The highest BCUT2D eigenvalue weighted by Crippen LogP contribution is 2.08. The monoisotopic (exact) mass is 288 g/mol. The summed E-state index contributed by atoms with van der Waals surface area (Å²) in [6.45, 7) is 4.67.